The zero-order valence-electron chi connectivity index (χ0n) is 10.8. The van der Waals surface area contributed by atoms with Crippen molar-refractivity contribution >= 4 is 5.91 Å². The second-order valence-electron chi connectivity index (χ2n) is 4.68. The van der Waals surface area contributed by atoms with E-state index in [1.807, 2.05) is 18.2 Å². The van der Waals surface area contributed by atoms with Crippen LogP contribution in [0.1, 0.15) is 5.69 Å². The fourth-order valence-electron chi connectivity index (χ4n) is 1.96. The minimum absolute atomic E-state index is 0.0743. The zero-order valence-corrected chi connectivity index (χ0v) is 10.8. The predicted octanol–water partition coefficient (Wildman–Crippen LogP) is -0.0548. The number of carbonyl (C=O) groups excluding carboxylic acids is 1. The number of rotatable bonds is 4. The Balaban J connectivity index is 1.69. The van der Waals surface area contributed by atoms with Crippen molar-refractivity contribution in [3.8, 4) is 0 Å². The minimum Gasteiger partial charge on any atom is -0.349 e. The number of pyridine rings is 1. The number of nitrogens with one attached hydrogen (secondary N) is 1. The van der Waals surface area contributed by atoms with Gasteiger partial charge in [-0.25, -0.2) is 0 Å². The number of aromatic nitrogens is 1. The van der Waals surface area contributed by atoms with Gasteiger partial charge in [0.1, 0.15) is 0 Å². The molecule has 1 aliphatic heterocycles. The average molecular weight is 248 g/mol. The van der Waals surface area contributed by atoms with Crippen molar-refractivity contribution in [2.24, 2.45) is 0 Å². The third-order valence-electron chi connectivity index (χ3n) is 3.16. The summed E-state index contributed by atoms with van der Waals surface area (Å²) in [5.41, 5.74) is 0.893. The van der Waals surface area contributed by atoms with Gasteiger partial charge in [-0.05, 0) is 19.2 Å². The summed E-state index contributed by atoms with van der Waals surface area (Å²) in [6, 6.07) is 5.71. The molecule has 98 valence electrons. The third-order valence-corrected chi connectivity index (χ3v) is 3.16. The van der Waals surface area contributed by atoms with Gasteiger partial charge in [-0.2, -0.15) is 0 Å². The SMILES string of the molecule is CN1CCN(CC(=O)NCc2ccccn2)CC1. The van der Waals surface area contributed by atoms with E-state index in [0.717, 1.165) is 31.9 Å². The van der Waals surface area contributed by atoms with E-state index in [1.165, 1.54) is 0 Å². The van der Waals surface area contributed by atoms with Crippen LogP contribution in [0, 0.1) is 0 Å². The molecule has 5 heteroatoms. The van der Waals surface area contributed by atoms with Crippen molar-refractivity contribution in [2.75, 3.05) is 39.8 Å². The number of amides is 1. The Morgan fingerprint density at radius 2 is 2.11 bits per heavy atom. The molecule has 1 fully saturated rings. The summed E-state index contributed by atoms with van der Waals surface area (Å²) in [5.74, 6) is 0.0743. The van der Waals surface area contributed by atoms with Crippen LogP contribution in [0.15, 0.2) is 24.4 Å². The Hall–Kier alpha value is -1.46. The first-order valence-corrected chi connectivity index (χ1v) is 6.31. The lowest BCUT2D eigenvalue weighted by Crippen LogP contribution is -2.48. The van der Waals surface area contributed by atoms with E-state index in [2.05, 4.69) is 27.1 Å². The molecule has 0 aromatic carbocycles. The molecule has 0 radical (unpaired) electrons. The molecule has 5 nitrogen and oxygen atoms in total. The van der Waals surface area contributed by atoms with Gasteiger partial charge < -0.3 is 10.2 Å². The first-order chi connectivity index (χ1) is 8.74. The molecule has 0 unspecified atom stereocenters. The standard InChI is InChI=1S/C13H20N4O/c1-16-6-8-17(9-7-16)11-13(18)15-10-12-4-2-3-5-14-12/h2-5H,6-11H2,1H3,(H,15,18). The van der Waals surface area contributed by atoms with Gasteiger partial charge in [0.05, 0.1) is 18.8 Å². The first-order valence-electron chi connectivity index (χ1n) is 6.31. The average Bonchev–Trinajstić information content (AvgIpc) is 2.40. The van der Waals surface area contributed by atoms with E-state index in [4.69, 9.17) is 0 Å². The normalized spacial score (nSPS) is 17.6. The van der Waals surface area contributed by atoms with Crippen molar-refractivity contribution in [1.29, 1.82) is 0 Å². The van der Waals surface area contributed by atoms with E-state index in [-0.39, 0.29) is 5.91 Å². The number of carbonyl (C=O) groups is 1. The third kappa shape index (κ3) is 4.09. The van der Waals surface area contributed by atoms with Gasteiger partial charge in [-0.1, -0.05) is 6.07 Å². The van der Waals surface area contributed by atoms with E-state index in [0.29, 0.717) is 13.1 Å². The fourth-order valence-corrected chi connectivity index (χ4v) is 1.96. The Labute approximate surface area is 108 Å². The van der Waals surface area contributed by atoms with Crippen LogP contribution in [0.4, 0.5) is 0 Å². The lowest BCUT2D eigenvalue weighted by atomic mass is 10.3. The number of hydrogen-bond acceptors (Lipinski definition) is 4. The Morgan fingerprint density at radius 1 is 1.33 bits per heavy atom. The highest BCUT2D eigenvalue weighted by Gasteiger charge is 2.16. The summed E-state index contributed by atoms with van der Waals surface area (Å²) in [6.07, 6.45) is 1.74. The summed E-state index contributed by atoms with van der Waals surface area (Å²) in [7, 11) is 2.11. The predicted molar refractivity (Wildman–Crippen MR) is 70.0 cm³/mol. The van der Waals surface area contributed by atoms with Gasteiger partial charge in [-0.15, -0.1) is 0 Å². The second-order valence-corrected chi connectivity index (χ2v) is 4.68. The van der Waals surface area contributed by atoms with Crippen LogP contribution in [-0.2, 0) is 11.3 Å². The van der Waals surface area contributed by atoms with Crippen LogP contribution >= 0.6 is 0 Å². The topological polar surface area (TPSA) is 48.5 Å². The van der Waals surface area contributed by atoms with Crippen LogP contribution < -0.4 is 5.32 Å². The minimum atomic E-state index is 0.0743. The molecule has 2 heterocycles. The Morgan fingerprint density at radius 3 is 2.78 bits per heavy atom. The highest BCUT2D eigenvalue weighted by molar-refractivity contribution is 5.77. The number of nitrogens with zero attached hydrogens (tertiary/aromatic N) is 3. The summed E-state index contributed by atoms with van der Waals surface area (Å²) in [5, 5.41) is 2.90. The van der Waals surface area contributed by atoms with Crippen molar-refractivity contribution in [1.82, 2.24) is 20.1 Å². The van der Waals surface area contributed by atoms with Crippen LogP contribution in [-0.4, -0.2) is 60.5 Å². The highest BCUT2D eigenvalue weighted by Crippen LogP contribution is 1.98. The van der Waals surface area contributed by atoms with E-state index < -0.39 is 0 Å². The molecular formula is C13H20N4O. The van der Waals surface area contributed by atoms with Crippen molar-refractivity contribution < 1.29 is 4.79 Å². The van der Waals surface area contributed by atoms with Gasteiger partial charge >= 0.3 is 0 Å². The van der Waals surface area contributed by atoms with E-state index in [1.54, 1.807) is 6.20 Å². The molecule has 1 amide bonds. The molecule has 1 aromatic heterocycles. The number of hydrogen-bond donors (Lipinski definition) is 1. The summed E-state index contributed by atoms with van der Waals surface area (Å²) >= 11 is 0. The van der Waals surface area contributed by atoms with Crippen LogP contribution in [0.25, 0.3) is 0 Å². The Bertz CT molecular complexity index is 374. The maximum atomic E-state index is 11.8. The molecule has 1 N–H and O–H groups in total. The van der Waals surface area contributed by atoms with Crippen LogP contribution in [0.2, 0.25) is 0 Å². The monoisotopic (exact) mass is 248 g/mol. The molecule has 0 aliphatic carbocycles. The Kier molecular flexibility index (Phi) is 4.66. The van der Waals surface area contributed by atoms with E-state index >= 15 is 0 Å². The van der Waals surface area contributed by atoms with Gasteiger partial charge in [-0.3, -0.25) is 14.7 Å². The lowest BCUT2D eigenvalue weighted by molar-refractivity contribution is -0.122. The molecular weight excluding hydrogens is 228 g/mol. The van der Waals surface area contributed by atoms with Crippen molar-refractivity contribution in [3.05, 3.63) is 30.1 Å². The number of likely N-dealkylation sites (N-methyl/N-ethyl adjacent to an activating group) is 1. The maximum absolute atomic E-state index is 11.8. The van der Waals surface area contributed by atoms with Gasteiger partial charge in [0, 0.05) is 32.4 Å². The molecule has 1 saturated heterocycles. The van der Waals surface area contributed by atoms with Gasteiger partial charge in [0.25, 0.3) is 0 Å². The molecule has 0 bridgehead atoms. The molecule has 0 atom stereocenters. The lowest BCUT2D eigenvalue weighted by Gasteiger charge is -2.31. The molecule has 18 heavy (non-hydrogen) atoms. The fraction of sp³-hybridized carbons (Fsp3) is 0.538. The maximum Gasteiger partial charge on any atom is 0.234 e. The second kappa shape index (κ2) is 6.47. The molecule has 2 rings (SSSR count). The molecule has 0 spiro atoms. The quantitative estimate of drug-likeness (QED) is 0.811. The smallest absolute Gasteiger partial charge is 0.234 e. The molecule has 1 aromatic rings. The zero-order chi connectivity index (χ0) is 12.8. The highest BCUT2D eigenvalue weighted by atomic mass is 16.2. The van der Waals surface area contributed by atoms with Gasteiger partial charge in [0.15, 0.2) is 0 Å². The van der Waals surface area contributed by atoms with Crippen LogP contribution in [0.3, 0.4) is 0 Å². The van der Waals surface area contributed by atoms with Crippen molar-refractivity contribution in [2.45, 2.75) is 6.54 Å². The molecule has 0 saturated carbocycles. The molecule has 1 aliphatic rings. The summed E-state index contributed by atoms with van der Waals surface area (Å²) in [4.78, 5) is 20.4. The van der Waals surface area contributed by atoms with Crippen LogP contribution in [0.5, 0.6) is 0 Å². The summed E-state index contributed by atoms with van der Waals surface area (Å²) < 4.78 is 0. The summed E-state index contributed by atoms with van der Waals surface area (Å²) in [6.45, 7) is 5.00. The van der Waals surface area contributed by atoms with Crippen molar-refractivity contribution in [3.63, 3.8) is 0 Å². The number of piperazine rings is 1. The van der Waals surface area contributed by atoms with Gasteiger partial charge in [0.2, 0.25) is 5.91 Å². The van der Waals surface area contributed by atoms with E-state index in [9.17, 15) is 4.79 Å². The first kappa shape index (κ1) is 13.0. The largest absolute Gasteiger partial charge is 0.349 e.